The number of likely N-dealkylation sites (tertiary alicyclic amines) is 1. The van der Waals surface area contributed by atoms with Gasteiger partial charge in [-0.1, -0.05) is 18.2 Å². The maximum atomic E-state index is 17.6. The van der Waals surface area contributed by atoms with Crippen LogP contribution in [-0.4, -0.2) is 106 Å². The number of nitrogens with zero attached hydrogens (tertiary/aromatic N) is 6. The number of benzene rings is 2. The zero-order chi connectivity index (χ0) is 40.3. The number of hydrogen-bond acceptors (Lipinski definition) is 10. The number of rotatable bonds is 3. The monoisotopic (exact) mass is 805 g/mol. The Morgan fingerprint density at radius 2 is 1.95 bits per heavy atom. The molecule has 0 radical (unpaired) electrons. The Kier molecular flexibility index (Phi) is 9.96. The molecule has 6 aliphatic rings. The molecule has 8 heterocycles. The third-order valence-electron chi connectivity index (χ3n) is 12.4. The van der Waals surface area contributed by atoms with Crippen molar-refractivity contribution in [2.24, 2.45) is 5.92 Å². The number of ether oxygens (including phenoxy) is 3. The highest BCUT2D eigenvalue weighted by Gasteiger charge is 2.43. The first-order valence-electron chi connectivity index (χ1n) is 20.4. The van der Waals surface area contributed by atoms with Crippen LogP contribution in [0, 0.1) is 11.7 Å². The van der Waals surface area contributed by atoms with E-state index >= 15 is 4.39 Å². The lowest BCUT2D eigenvalue weighted by Crippen LogP contribution is -2.57. The van der Waals surface area contributed by atoms with E-state index in [-0.39, 0.29) is 48.6 Å². The highest BCUT2D eigenvalue weighted by atomic mass is 19.3. The fourth-order valence-electron chi connectivity index (χ4n) is 9.74. The minimum Gasteiger partial charge on any atom is -0.450 e. The zero-order valence-corrected chi connectivity index (χ0v) is 32.6. The van der Waals surface area contributed by atoms with Crippen LogP contribution in [0.25, 0.3) is 32.9 Å². The van der Waals surface area contributed by atoms with Crippen LogP contribution >= 0.6 is 0 Å². The molecule has 2 aromatic heterocycles. The number of piperidine rings is 4. The zero-order valence-electron chi connectivity index (χ0n) is 32.6. The topological polar surface area (TPSA) is 122 Å². The largest absolute Gasteiger partial charge is 0.450 e. The van der Waals surface area contributed by atoms with Gasteiger partial charge in [0.15, 0.2) is 12.0 Å². The Morgan fingerprint density at radius 1 is 1.09 bits per heavy atom. The first kappa shape index (κ1) is 38.5. The number of hydrogen-bond donors (Lipinski definition) is 1. The van der Waals surface area contributed by atoms with Gasteiger partial charge in [-0.25, -0.2) is 27.2 Å². The van der Waals surface area contributed by atoms with Gasteiger partial charge in [-0.15, -0.1) is 0 Å². The summed E-state index contributed by atoms with van der Waals surface area (Å²) in [5.41, 5.74) is 0.357. The van der Waals surface area contributed by atoms with E-state index in [1.54, 1.807) is 19.1 Å². The van der Waals surface area contributed by atoms with E-state index in [4.69, 9.17) is 29.2 Å². The van der Waals surface area contributed by atoms with Crippen molar-refractivity contribution in [2.45, 2.75) is 102 Å². The number of aryl methyl sites for hydroxylation is 1. The average Bonchev–Trinajstić information content (AvgIpc) is 3.16. The molecule has 6 atom stereocenters. The van der Waals surface area contributed by atoms with E-state index in [2.05, 4.69) is 5.32 Å². The Labute approximate surface area is 333 Å². The minimum atomic E-state index is -2.87. The molecule has 4 aromatic rings. The normalized spacial score (nSPS) is 28.5. The Bertz CT molecular complexity index is 2250. The van der Waals surface area contributed by atoms with Gasteiger partial charge in [-0.05, 0) is 87.3 Å². The molecule has 8 bridgehead atoms. The number of amides is 2. The number of alkyl halides is 3. The lowest BCUT2D eigenvalue weighted by Gasteiger charge is -2.45. The van der Waals surface area contributed by atoms with Gasteiger partial charge in [0, 0.05) is 69.3 Å². The molecule has 2 unspecified atom stereocenters. The van der Waals surface area contributed by atoms with Crippen LogP contribution in [0.4, 0.5) is 33.0 Å². The molecule has 12 nitrogen and oxygen atoms in total. The number of halogens is 4. The predicted molar refractivity (Wildman–Crippen MR) is 207 cm³/mol. The molecule has 16 heteroatoms. The number of nitrogens with one attached hydrogen (secondary N) is 1. The summed E-state index contributed by atoms with van der Waals surface area (Å²) in [5, 5.41) is 4.67. The molecule has 0 spiro atoms. The number of fused-ring (bicyclic) bond motifs is 8. The van der Waals surface area contributed by atoms with Gasteiger partial charge in [0.2, 0.25) is 0 Å². The van der Waals surface area contributed by atoms with Gasteiger partial charge < -0.3 is 29.3 Å². The third kappa shape index (κ3) is 7.43. The molecule has 0 aliphatic carbocycles. The molecule has 10 rings (SSSR count). The number of alkyl carbamates (subject to hydrolysis) is 1. The van der Waals surface area contributed by atoms with Crippen LogP contribution in [0.5, 0.6) is 11.8 Å². The summed E-state index contributed by atoms with van der Waals surface area (Å²) in [6, 6.07) is 7.95. The van der Waals surface area contributed by atoms with E-state index in [1.165, 1.54) is 11.1 Å². The van der Waals surface area contributed by atoms with Crippen molar-refractivity contribution >= 4 is 39.7 Å². The summed E-state index contributed by atoms with van der Waals surface area (Å²) >= 11 is 0. The summed E-state index contributed by atoms with van der Waals surface area (Å²) in [7, 11) is 0. The van der Waals surface area contributed by atoms with Crippen molar-refractivity contribution in [2.75, 3.05) is 44.2 Å². The van der Waals surface area contributed by atoms with Crippen molar-refractivity contribution in [3.8, 4) is 23.0 Å². The van der Waals surface area contributed by atoms with Gasteiger partial charge in [-0.3, -0.25) is 9.88 Å². The lowest BCUT2D eigenvalue weighted by molar-refractivity contribution is -0.0989. The van der Waals surface area contributed by atoms with Gasteiger partial charge in [0.05, 0.1) is 17.5 Å². The number of carbonyl (C=O) groups excluding carboxylic acids is 2. The molecule has 1 N–H and O–H groups in total. The summed E-state index contributed by atoms with van der Waals surface area (Å²) in [6.07, 6.45) is 2.18. The van der Waals surface area contributed by atoms with Crippen LogP contribution in [-0.2, 0) is 11.2 Å². The van der Waals surface area contributed by atoms with Crippen LogP contribution in [0.1, 0.15) is 70.8 Å². The fraction of sp³-hybridized carbons (Fsp3) is 0.548. The quantitative estimate of drug-likeness (QED) is 0.206. The summed E-state index contributed by atoms with van der Waals surface area (Å²) < 4.78 is 78.6. The molecule has 58 heavy (non-hydrogen) atoms. The maximum Gasteiger partial charge on any atom is 0.415 e. The van der Waals surface area contributed by atoms with Crippen LogP contribution < -0.4 is 19.7 Å². The van der Waals surface area contributed by atoms with Crippen molar-refractivity contribution in [3.05, 3.63) is 47.9 Å². The molecular weight excluding hydrogens is 758 g/mol. The number of aromatic nitrogens is 3. The number of pyridine rings is 1. The van der Waals surface area contributed by atoms with E-state index in [0.717, 1.165) is 18.4 Å². The molecule has 6 aliphatic heterocycles. The summed E-state index contributed by atoms with van der Waals surface area (Å²) in [6.45, 7) is 5.25. The van der Waals surface area contributed by atoms with Gasteiger partial charge in [-0.2, -0.15) is 9.97 Å². The van der Waals surface area contributed by atoms with E-state index in [0.29, 0.717) is 79.3 Å². The minimum absolute atomic E-state index is 0.0376. The standard InChI is InChI=1S/C42H47F4N7O5/c1-24-20-42(45,46)12-15-53(24)40(55)57-29-18-26-8-3-7-25-10-5-16-56-39(54)50-41(2)11-6-14-52(23-41)36-31-21-47-34(30(19-29)32(25)26)33(44)35(31)48-38(49-36)58-37-27-9-4-13-51(37)22-28(43)17-27/h3,7-8,18-19,21,24,27-28,37H,4-6,9-17,20,22-23H2,1-2H3,(H,50,54)/t24?,27-,28-,37+,41-/m1/s1. The average molecular weight is 806 g/mol. The first-order chi connectivity index (χ1) is 27.8. The van der Waals surface area contributed by atoms with Crippen molar-refractivity contribution in [1.82, 2.24) is 30.1 Å². The van der Waals surface area contributed by atoms with Crippen molar-refractivity contribution < 1.29 is 41.4 Å². The third-order valence-corrected chi connectivity index (χ3v) is 12.4. The van der Waals surface area contributed by atoms with E-state index < -0.39 is 60.7 Å². The fourth-order valence-corrected chi connectivity index (χ4v) is 9.74. The van der Waals surface area contributed by atoms with E-state index in [9.17, 15) is 22.8 Å². The highest BCUT2D eigenvalue weighted by molar-refractivity contribution is 6.02. The van der Waals surface area contributed by atoms with Gasteiger partial charge in [0.1, 0.15) is 28.9 Å². The molecular formula is C42H47F4N7O5. The summed E-state index contributed by atoms with van der Waals surface area (Å²) in [5.74, 6) is -3.23. The lowest BCUT2D eigenvalue weighted by atomic mass is 9.86. The Morgan fingerprint density at radius 3 is 2.78 bits per heavy atom. The smallest absolute Gasteiger partial charge is 0.415 e. The van der Waals surface area contributed by atoms with Crippen molar-refractivity contribution in [1.29, 1.82) is 0 Å². The SMILES string of the molecule is CC1CC(F)(F)CCN1C(=O)Oc1cc2c3c(cccc3c1)CCCOC(=O)N[C@]1(C)CCCN(C1)c1nc(O[C@H]3[C@@H]4CCCN3C[C@H](F)C4)nc3c(F)c-2ncc13. The van der Waals surface area contributed by atoms with Crippen molar-refractivity contribution in [3.63, 3.8) is 0 Å². The van der Waals surface area contributed by atoms with E-state index in [1.807, 2.05) is 34.9 Å². The molecule has 2 aromatic carbocycles. The second-order valence-corrected chi connectivity index (χ2v) is 16.9. The van der Waals surface area contributed by atoms with Crippen LogP contribution in [0.2, 0.25) is 0 Å². The first-order valence-corrected chi connectivity index (χ1v) is 20.4. The van der Waals surface area contributed by atoms with Crippen LogP contribution in [0.15, 0.2) is 36.5 Å². The molecule has 0 saturated carbocycles. The highest BCUT2D eigenvalue weighted by Crippen LogP contribution is 2.41. The van der Waals surface area contributed by atoms with Gasteiger partial charge >= 0.3 is 18.2 Å². The molecule has 4 fully saturated rings. The Balaban J connectivity index is 1.19. The molecule has 308 valence electrons. The summed E-state index contributed by atoms with van der Waals surface area (Å²) in [4.78, 5) is 46.2. The van der Waals surface area contributed by atoms with Crippen LogP contribution in [0.3, 0.4) is 0 Å². The molecule has 4 saturated heterocycles. The number of carbonyl (C=O) groups is 2. The second kappa shape index (κ2) is 15.0. The second-order valence-electron chi connectivity index (χ2n) is 16.9. The Hall–Kier alpha value is -4.99. The van der Waals surface area contributed by atoms with Gasteiger partial charge in [0.25, 0.3) is 5.92 Å². The maximum absolute atomic E-state index is 17.6. The molecule has 2 amide bonds. The number of anilines is 1. The predicted octanol–water partition coefficient (Wildman–Crippen LogP) is 7.79.